The van der Waals surface area contributed by atoms with Crippen LogP contribution in [-0.2, 0) is 0 Å². The van der Waals surface area contributed by atoms with Gasteiger partial charge in [-0.3, -0.25) is 0 Å². The number of halogens is 1. The average Bonchev–Trinajstić information content (AvgIpc) is 2.72. The molecule has 1 atom stereocenters. The van der Waals surface area contributed by atoms with Gasteiger partial charge in [0.05, 0.1) is 6.26 Å². The van der Waals surface area contributed by atoms with Crippen molar-refractivity contribution in [3.63, 3.8) is 0 Å². The van der Waals surface area contributed by atoms with Gasteiger partial charge in [-0.2, -0.15) is 0 Å². The summed E-state index contributed by atoms with van der Waals surface area (Å²) in [7, 11) is 0. The zero-order valence-corrected chi connectivity index (χ0v) is 7.55. The molecular weight excluding hydrogens is 174 g/mol. The highest BCUT2D eigenvalue weighted by atomic mass is 35.5. The second kappa shape index (κ2) is 3.11. The molecule has 0 saturated heterocycles. The van der Waals surface area contributed by atoms with E-state index in [4.69, 9.17) is 21.8 Å². The maximum absolute atomic E-state index is 5.94. The minimum atomic E-state index is 0.0590. The molecule has 0 bridgehead atoms. The van der Waals surface area contributed by atoms with E-state index in [1.807, 2.05) is 6.07 Å². The Morgan fingerprint density at radius 2 is 2.42 bits per heavy atom. The van der Waals surface area contributed by atoms with Crippen molar-refractivity contribution in [3.8, 4) is 0 Å². The summed E-state index contributed by atoms with van der Waals surface area (Å²) in [6, 6.07) is 1.92. The van der Waals surface area contributed by atoms with E-state index in [1.165, 1.54) is 12.8 Å². The van der Waals surface area contributed by atoms with Gasteiger partial charge in [0.15, 0.2) is 5.22 Å². The van der Waals surface area contributed by atoms with Crippen molar-refractivity contribution in [1.82, 2.24) is 0 Å². The van der Waals surface area contributed by atoms with Crippen molar-refractivity contribution in [2.75, 3.05) is 0 Å². The van der Waals surface area contributed by atoms with Crippen LogP contribution in [0.2, 0.25) is 5.22 Å². The molecule has 0 aromatic carbocycles. The standard InChI is InChI=1S/C9H12ClNO/c10-9-7(3-4-12-9)8(11)5-6-1-2-6/h3-4,6,8H,1-2,5,11H2. The van der Waals surface area contributed by atoms with Crippen molar-refractivity contribution in [3.05, 3.63) is 23.1 Å². The molecule has 0 aliphatic heterocycles. The van der Waals surface area contributed by atoms with E-state index in [0.29, 0.717) is 5.22 Å². The normalized spacial score (nSPS) is 19.5. The highest BCUT2D eigenvalue weighted by Gasteiger charge is 2.25. The molecule has 1 heterocycles. The summed E-state index contributed by atoms with van der Waals surface area (Å²) < 4.78 is 4.97. The predicted molar refractivity (Wildman–Crippen MR) is 48.0 cm³/mol. The second-order valence-corrected chi connectivity index (χ2v) is 3.78. The van der Waals surface area contributed by atoms with Crippen molar-refractivity contribution < 1.29 is 4.42 Å². The molecule has 1 aromatic rings. The first-order chi connectivity index (χ1) is 5.77. The Morgan fingerprint density at radius 3 is 2.92 bits per heavy atom. The largest absolute Gasteiger partial charge is 0.453 e. The molecule has 0 amide bonds. The van der Waals surface area contributed by atoms with Crippen LogP contribution in [0.15, 0.2) is 16.7 Å². The number of hydrogen-bond acceptors (Lipinski definition) is 2. The number of rotatable bonds is 3. The van der Waals surface area contributed by atoms with Gasteiger partial charge in [-0.15, -0.1) is 0 Å². The Hall–Kier alpha value is -0.470. The van der Waals surface area contributed by atoms with Crippen molar-refractivity contribution >= 4 is 11.6 Å². The maximum atomic E-state index is 5.94. The van der Waals surface area contributed by atoms with Gasteiger partial charge in [0.1, 0.15) is 0 Å². The summed E-state index contributed by atoms with van der Waals surface area (Å²) in [4.78, 5) is 0. The van der Waals surface area contributed by atoms with Crippen LogP contribution in [0.3, 0.4) is 0 Å². The van der Waals surface area contributed by atoms with E-state index in [9.17, 15) is 0 Å². The van der Waals surface area contributed by atoms with Gasteiger partial charge in [0, 0.05) is 11.6 Å². The van der Waals surface area contributed by atoms with Gasteiger partial charge in [-0.1, -0.05) is 12.8 Å². The van der Waals surface area contributed by atoms with E-state index >= 15 is 0 Å². The van der Waals surface area contributed by atoms with Crippen LogP contribution in [0, 0.1) is 5.92 Å². The van der Waals surface area contributed by atoms with E-state index in [-0.39, 0.29) is 6.04 Å². The fourth-order valence-electron chi connectivity index (χ4n) is 1.41. The summed E-state index contributed by atoms with van der Waals surface area (Å²) in [6.45, 7) is 0. The summed E-state index contributed by atoms with van der Waals surface area (Å²) >= 11 is 5.79. The smallest absolute Gasteiger partial charge is 0.197 e. The molecule has 1 aliphatic carbocycles. The van der Waals surface area contributed by atoms with Crippen LogP contribution >= 0.6 is 11.6 Å². The van der Waals surface area contributed by atoms with Crippen LogP contribution in [0.25, 0.3) is 0 Å². The lowest BCUT2D eigenvalue weighted by atomic mass is 10.1. The molecule has 12 heavy (non-hydrogen) atoms. The summed E-state index contributed by atoms with van der Waals surface area (Å²) in [5.74, 6) is 0.825. The fraction of sp³-hybridized carbons (Fsp3) is 0.556. The molecule has 1 unspecified atom stereocenters. The molecule has 1 fully saturated rings. The summed E-state index contributed by atoms with van der Waals surface area (Å²) in [5, 5.41) is 0.447. The Balaban J connectivity index is 2.02. The highest BCUT2D eigenvalue weighted by molar-refractivity contribution is 6.29. The molecule has 2 N–H and O–H groups in total. The fourth-order valence-corrected chi connectivity index (χ4v) is 1.66. The lowest BCUT2D eigenvalue weighted by molar-refractivity contribution is 0.548. The van der Waals surface area contributed by atoms with Crippen molar-refractivity contribution in [1.29, 1.82) is 0 Å². The number of hydrogen-bond donors (Lipinski definition) is 1. The van der Waals surface area contributed by atoms with Crippen LogP contribution in [0.5, 0.6) is 0 Å². The van der Waals surface area contributed by atoms with Crippen molar-refractivity contribution in [2.24, 2.45) is 11.7 Å². The Kier molecular flexibility index (Phi) is 2.11. The van der Waals surface area contributed by atoms with Crippen molar-refractivity contribution in [2.45, 2.75) is 25.3 Å². The first kappa shape index (κ1) is 8.14. The summed E-state index contributed by atoms with van der Waals surface area (Å²) in [5.41, 5.74) is 6.88. The quantitative estimate of drug-likeness (QED) is 0.787. The third kappa shape index (κ3) is 1.65. The van der Waals surface area contributed by atoms with Gasteiger partial charge in [0.25, 0.3) is 0 Å². The van der Waals surface area contributed by atoms with Gasteiger partial charge < -0.3 is 10.2 Å². The van der Waals surface area contributed by atoms with Crippen LogP contribution in [0.4, 0.5) is 0 Å². The zero-order valence-electron chi connectivity index (χ0n) is 6.79. The molecule has 1 saturated carbocycles. The van der Waals surface area contributed by atoms with E-state index in [2.05, 4.69) is 0 Å². The predicted octanol–water partition coefficient (Wildman–Crippen LogP) is 2.73. The first-order valence-corrected chi connectivity index (χ1v) is 4.63. The van der Waals surface area contributed by atoms with E-state index < -0.39 is 0 Å². The topological polar surface area (TPSA) is 39.2 Å². The highest BCUT2D eigenvalue weighted by Crippen LogP contribution is 2.38. The average molecular weight is 186 g/mol. The lowest BCUT2D eigenvalue weighted by Crippen LogP contribution is -2.10. The number of furan rings is 1. The molecule has 2 nitrogen and oxygen atoms in total. The van der Waals surface area contributed by atoms with Crippen LogP contribution < -0.4 is 5.73 Å². The molecule has 1 aromatic heterocycles. The second-order valence-electron chi connectivity index (χ2n) is 3.44. The molecule has 66 valence electrons. The van der Waals surface area contributed by atoms with E-state index in [0.717, 1.165) is 17.9 Å². The Labute approximate surface area is 76.7 Å². The third-order valence-corrected chi connectivity index (χ3v) is 2.64. The SMILES string of the molecule is NC(CC1CC1)c1ccoc1Cl. The van der Waals surface area contributed by atoms with E-state index in [1.54, 1.807) is 6.26 Å². The number of nitrogens with two attached hydrogens (primary N) is 1. The van der Waals surface area contributed by atoms with Crippen LogP contribution in [-0.4, -0.2) is 0 Å². The summed E-state index contributed by atoms with van der Waals surface area (Å²) in [6.07, 6.45) is 5.27. The van der Waals surface area contributed by atoms with Gasteiger partial charge in [-0.05, 0) is 30.0 Å². The molecule has 0 radical (unpaired) electrons. The van der Waals surface area contributed by atoms with Crippen LogP contribution in [0.1, 0.15) is 30.9 Å². The molecule has 2 rings (SSSR count). The Morgan fingerprint density at radius 1 is 1.67 bits per heavy atom. The monoisotopic (exact) mass is 185 g/mol. The molecule has 1 aliphatic rings. The Bertz CT molecular complexity index is 267. The van der Waals surface area contributed by atoms with Gasteiger partial charge in [-0.25, -0.2) is 0 Å². The van der Waals surface area contributed by atoms with Gasteiger partial charge >= 0.3 is 0 Å². The third-order valence-electron chi connectivity index (χ3n) is 2.33. The molecule has 3 heteroatoms. The molecular formula is C9H12ClNO. The molecule has 0 spiro atoms. The minimum Gasteiger partial charge on any atom is -0.453 e. The lowest BCUT2D eigenvalue weighted by Gasteiger charge is -2.07. The first-order valence-electron chi connectivity index (χ1n) is 4.26. The maximum Gasteiger partial charge on any atom is 0.197 e. The minimum absolute atomic E-state index is 0.0590. The van der Waals surface area contributed by atoms with Gasteiger partial charge in [0.2, 0.25) is 0 Å². The zero-order chi connectivity index (χ0) is 8.55.